The van der Waals surface area contributed by atoms with E-state index in [1.807, 2.05) is 6.92 Å². The Hall–Kier alpha value is -3.99. The van der Waals surface area contributed by atoms with Gasteiger partial charge in [0.2, 0.25) is 5.91 Å². The standard InChI is InChI=1S/C25H27N3O7S/c1-4-34-19-12-8-17(9-13-19)26-21(29)14-20-23(31)28(25(36)27(20)15-22(30)33-3)18-10-6-16(7-11-18)24(32)35-5-2/h6-13,20H,4-5,14-15H2,1-3H3,(H,26,29). The molecular weight excluding hydrogens is 486 g/mol. The number of nitrogens with one attached hydrogen (secondary N) is 1. The zero-order chi connectivity index (χ0) is 26.2. The number of hydrogen-bond acceptors (Lipinski definition) is 8. The van der Waals surface area contributed by atoms with Gasteiger partial charge in [-0.1, -0.05) is 0 Å². The van der Waals surface area contributed by atoms with Gasteiger partial charge in [-0.2, -0.15) is 0 Å². The average Bonchev–Trinajstić information content (AvgIpc) is 3.09. The monoisotopic (exact) mass is 513 g/mol. The van der Waals surface area contributed by atoms with Gasteiger partial charge < -0.3 is 24.4 Å². The second kappa shape index (κ2) is 12.1. The van der Waals surface area contributed by atoms with E-state index in [0.717, 1.165) is 0 Å². The third-order valence-electron chi connectivity index (χ3n) is 5.31. The summed E-state index contributed by atoms with van der Waals surface area (Å²) in [6.45, 7) is 4.03. The molecule has 2 amide bonds. The molecule has 0 bridgehead atoms. The molecule has 1 aliphatic rings. The molecule has 2 aromatic carbocycles. The fourth-order valence-electron chi connectivity index (χ4n) is 3.60. The Kier molecular flexibility index (Phi) is 8.96. The summed E-state index contributed by atoms with van der Waals surface area (Å²) >= 11 is 5.50. The number of carbonyl (C=O) groups is 4. The lowest BCUT2D eigenvalue weighted by Gasteiger charge is -2.22. The van der Waals surface area contributed by atoms with Crippen LogP contribution < -0.4 is 15.0 Å². The largest absolute Gasteiger partial charge is 0.494 e. The number of esters is 2. The molecule has 1 fully saturated rings. The van der Waals surface area contributed by atoms with Gasteiger partial charge >= 0.3 is 11.9 Å². The van der Waals surface area contributed by atoms with Crippen LogP contribution in [0.25, 0.3) is 0 Å². The number of ether oxygens (including phenoxy) is 3. The summed E-state index contributed by atoms with van der Waals surface area (Å²) in [5, 5.41) is 2.79. The zero-order valence-electron chi connectivity index (χ0n) is 20.2. The maximum Gasteiger partial charge on any atom is 0.338 e. The van der Waals surface area contributed by atoms with Crippen molar-refractivity contribution < 1.29 is 33.4 Å². The van der Waals surface area contributed by atoms with Crippen LogP contribution >= 0.6 is 12.2 Å². The van der Waals surface area contributed by atoms with Crippen LogP contribution in [0.1, 0.15) is 30.6 Å². The number of carbonyl (C=O) groups excluding carboxylic acids is 4. The highest BCUT2D eigenvalue weighted by atomic mass is 32.1. The lowest BCUT2D eigenvalue weighted by Crippen LogP contribution is -2.41. The molecule has 36 heavy (non-hydrogen) atoms. The second-order valence-corrected chi connectivity index (χ2v) is 8.02. The summed E-state index contributed by atoms with van der Waals surface area (Å²) in [7, 11) is 1.22. The van der Waals surface area contributed by atoms with Crippen molar-refractivity contribution >= 4 is 52.5 Å². The number of methoxy groups -OCH3 is 1. The normalized spacial score (nSPS) is 15.0. The molecule has 1 saturated heterocycles. The molecule has 1 heterocycles. The van der Waals surface area contributed by atoms with E-state index < -0.39 is 29.8 Å². The van der Waals surface area contributed by atoms with Crippen LogP contribution in [0.3, 0.4) is 0 Å². The number of rotatable bonds is 10. The Morgan fingerprint density at radius 1 is 1.00 bits per heavy atom. The fourth-order valence-corrected chi connectivity index (χ4v) is 3.99. The molecule has 0 radical (unpaired) electrons. The Morgan fingerprint density at radius 2 is 1.67 bits per heavy atom. The van der Waals surface area contributed by atoms with E-state index in [4.69, 9.17) is 26.4 Å². The van der Waals surface area contributed by atoms with Crippen molar-refractivity contribution in [1.82, 2.24) is 4.90 Å². The summed E-state index contributed by atoms with van der Waals surface area (Å²) in [5.41, 5.74) is 1.24. The van der Waals surface area contributed by atoms with Gasteiger partial charge in [0.1, 0.15) is 18.3 Å². The van der Waals surface area contributed by atoms with Crippen LogP contribution in [0.5, 0.6) is 5.75 Å². The van der Waals surface area contributed by atoms with Crippen molar-refractivity contribution in [3.05, 3.63) is 54.1 Å². The first-order valence-corrected chi connectivity index (χ1v) is 11.7. The molecule has 1 aliphatic heterocycles. The molecule has 0 aliphatic carbocycles. The average molecular weight is 514 g/mol. The smallest absolute Gasteiger partial charge is 0.338 e. The summed E-state index contributed by atoms with van der Waals surface area (Å²) in [5.74, 6) is -1.35. The maximum atomic E-state index is 13.4. The Balaban J connectivity index is 1.79. The molecule has 3 rings (SSSR count). The number of hydrogen-bond donors (Lipinski definition) is 1. The van der Waals surface area contributed by atoms with E-state index >= 15 is 0 Å². The first-order valence-electron chi connectivity index (χ1n) is 11.3. The predicted molar refractivity (Wildman–Crippen MR) is 136 cm³/mol. The number of anilines is 2. The molecule has 0 saturated carbocycles. The Labute approximate surface area is 214 Å². The molecule has 0 spiro atoms. The third kappa shape index (κ3) is 6.16. The molecule has 0 aromatic heterocycles. The predicted octanol–water partition coefficient (Wildman–Crippen LogP) is 2.77. The van der Waals surface area contributed by atoms with E-state index in [-0.39, 0.29) is 24.7 Å². The van der Waals surface area contributed by atoms with Crippen molar-refractivity contribution in [3.8, 4) is 5.75 Å². The quantitative estimate of drug-likeness (QED) is 0.378. The summed E-state index contributed by atoms with van der Waals surface area (Å²) in [6, 6.07) is 11.9. The van der Waals surface area contributed by atoms with Crippen LogP contribution in [-0.4, -0.2) is 66.7 Å². The minimum Gasteiger partial charge on any atom is -0.494 e. The SMILES string of the molecule is CCOC(=O)c1ccc(N2C(=O)C(CC(=O)Nc3ccc(OCC)cc3)N(CC(=O)OC)C2=S)cc1. The third-order valence-corrected chi connectivity index (χ3v) is 5.73. The number of nitrogens with zero attached hydrogens (tertiary/aromatic N) is 2. The minimum absolute atomic E-state index is 0.0492. The summed E-state index contributed by atoms with van der Waals surface area (Å²) in [6.07, 6.45) is -0.249. The molecule has 1 unspecified atom stereocenters. The molecule has 11 heteroatoms. The van der Waals surface area contributed by atoms with Gasteiger partial charge in [0, 0.05) is 5.69 Å². The van der Waals surface area contributed by atoms with Crippen molar-refractivity contribution in [1.29, 1.82) is 0 Å². The number of benzene rings is 2. The van der Waals surface area contributed by atoms with Crippen molar-refractivity contribution in [2.45, 2.75) is 26.3 Å². The molecule has 1 N–H and O–H groups in total. The maximum absolute atomic E-state index is 13.4. The van der Waals surface area contributed by atoms with Gasteiger partial charge in [-0.25, -0.2) is 4.79 Å². The van der Waals surface area contributed by atoms with Gasteiger partial charge in [0.25, 0.3) is 5.91 Å². The highest BCUT2D eigenvalue weighted by Gasteiger charge is 2.45. The van der Waals surface area contributed by atoms with E-state index in [9.17, 15) is 19.2 Å². The van der Waals surface area contributed by atoms with Gasteiger partial charge in [-0.15, -0.1) is 0 Å². The van der Waals surface area contributed by atoms with E-state index in [1.165, 1.54) is 29.0 Å². The van der Waals surface area contributed by atoms with Gasteiger partial charge in [0.15, 0.2) is 5.11 Å². The van der Waals surface area contributed by atoms with Crippen LogP contribution in [0.15, 0.2) is 48.5 Å². The van der Waals surface area contributed by atoms with E-state index in [1.54, 1.807) is 43.3 Å². The van der Waals surface area contributed by atoms with Gasteiger partial charge in [-0.05, 0) is 74.6 Å². The molecule has 1 atom stereocenters. The van der Waals surface area contributed by atoms with E-state index in [2.05, 4.69) is 5.32 Å². The second-order valence-electron chi connectivity index (χ2n) is 7.65. The Morgan fingerprint density at radius 3 is 2.25 bits per heavy atom. The van der Waals surface area contributed by atoms with Crippen LogP contribution in [0.4, 0.5) is 11.4 Å². The van der Waals surface area contributed by atoms with Crippen molar-refractivity contribution in [2.24, 2.45) is 0 Å². The van der Waals surface area contributed by atoms with Gasteiger partial charge in [-0.3, -0.25) is 19.3 Å². The van der Waals surface area contributed by atoms with Crippen LogP contribution in [-0.2, 0) is 23.9 Å². The zero-order valence-corrected chi connectivity index (χ0v) is 21.0. The van der Waals surface area contributed by atoms with Crippen LogP contribution in [0.2, 0.25) is 0 Å². The first-order chi connectivity index (χ1) is 17.3. The van der Waals surface area contributed by atoms with Crippen molar-refractivity contribution in [2.75, 3.05) is 37.1 Å². The fraction of sp³-hybridized carbons (Fsp3) is 0.320. The lowest BCUT2D eigenvalue weighted by atomic mass is 10.1. The molecule has 10 nitrogen and oxygen atoms in total. The summed E-state index contributed by atoms with van der Waals surface area (Å²) < 4.78 is 15.1. The lowest BCUT2D eigenvalue weighted by molar-refractivity contribution is -0.141. The minimum atomic E-state index is -1.02. The highest BCUT2D eigenvalue weighted by molar-refractivity contribution is 7.80. The Bertz CT molecular complexity index is 1140. The molecule has 2 aromatic rings. The molecular formula is C25H27N3O7S. The highest BCUT2D eigenvalue weighted by Crippen LogP contribution is 2.28. The molecule has 190 valence electrons. The number of amides is 2. The number of thiocarbonyl (C=S) groups is 1. The topological polar surface area (TPSA) is 114 Å². The first kappa shape index (κ1) is 26.6. The summed E-state index contributed by atoms with van der Waals surface area (Å²) in [4.78, 5) is 52.8. The van der Waals surface area contributed by atoms with Gasteiger partial charge in [0.05, 0.1) is 38.0 Å². The van der Waals surface area contributed by atoms with E-state index in [0.29, 0.717) is 29.3 Å². The van der Waals surface area contributed by atoms with Crippen LogP contribution in [0, 0.1) is 0 Å². The van der Waals surface area contributed by atoms with Crippen molar-refractivity contribution in [3.63, 3.8) is 0 Å².